The number of rotatable bonds is 3. The van der Waals surface area contributed by atoms with Crippen LogP contribution in [-0.4, -0.2) is 36.5 Å². The van der Waals surface area contributed by atoms with Gasteiger partial charge in [0.2, 0.25) is 5.91 Å². The second kappa shape index (κ2) is 4.59. The van der Waals surface area contributed by atoms with Crippen LogP contribution in [0.15, 0.2) is 24.3 Å². The molecule has 5 heteroatoms. The molecule has 1 fully saturated rings. The number of carbonyl (C=O) groups excluding carboxylic acids is 1. The van der Waals surface area contributed by atoms with Gasteiger partial charge in [-0.05, 0) is 18.2 Å². The summed E-state index contributed by atoms with van der Waals surface area (Å²) in [6.45, 7) is 1.80. The molecule has 1 saturated heterocycles. The van der Waals surface area contributed by atoms with Gasteiger partial charge in [-0.25, -0.2) is 4.39 Å². The van der Waals surface area contributed by atoms with Crippen molar-refractivity contribution in [2.24, 2.45) is 5.73 Å². The Labute approximate surface area is 93.2 Å². The maximum Gasteiger partial charge on any atom is 0.238 e. The van der Waals surface area contributed by atoms with Crippen LogP contribution in [0.5, 0.6) is 0 Å². The van der Waals surface area contributed by atoms with E-state index in [4.69, 9.17) is 5.73 Å². The first-order valence-corrected chi connectivity index (χ1v) is 5.17. The topological polar surface area (TPSA) is 58.4 Å². The number of likely N-dealkylation sites (tertiary alicyclic amines) is 1. The Balaban J connectivity index is 1.83. The Morgan fingerprint density at radius 3 is 2.94 bits per heavy atom. The summed E-state index contributed by atoms with van der Waals surface area (Å²) in [5, 5.41) is 2.64. The van der Waals surface area contributed by atoms with Crippen LogP contribution >= 0.6 is 0 Å². The zero-order valence-electron chi connectivity index (χ0n) is 8.82. The quantitative estimate of drug-likeness (QED) is 0.780. The maximum absolute atomic E-state index is 12.8. The highest BCUT2D eigenvalue weighted by Gasteiger charge is 2.24. The molecule has 2 rings (SSSR count). The molecule has 86 valence electrons. The lowest BCUT2D eigenvalue weighted by atomic mass is 10.1. The molecular formula is C11H14FN3O. The maximum atomic E-state index is 12.8. The minimum absolute atomic E-state index is 0.141. The van der Waals surface area contributed by atoms with Crippen LogP contribution < -0.4 is 11.1 Å². The van der Waals surface area contributed by atoms with Gasteiger partial charge >= 0.3 is 0 Å². The first-order chi connectivity index (χ1) is 7.63. The third-order valence-electron chi connectivity index (χ3n) is 2.46. The standard InChI is InChI=1S/C11H14FN3O/c12-8-2-1-3-10(4-8)14-11(16)7-15-5-9(13)6-15/h1-4,9H,5-7,13H2,(H,14,16). The first-order valence-electron chi connectivity index (χ1n) is 5.17. The van der Waals surface area contributed by atoms with E-state index in [0.717, 1.165) is 13.1 Å². The normalized spacial score (nSPS) is 16.9. The third-order valence-corrected chi connectivity index (χ3v) is 2.46. The molecule has 0 aliphatic carbocycles. The molecule has 0 unspecified atom stereocenters. The van der Waals surface area contributed by atoms with E-state index in [0.29, 0.717) is 12.2 Å². The Hall–Kier alpha value is -1.46. The molecule has 0 bridgehead atoms. The van der Waals surface area contributed by atoms with Crippen LogP contribution in [-0.2, 0) is 4.79 Å². The SMILES string of the molecule is NC1CN(CC(=O)Nc2cccc(F)c2)C1. The molecule has 4 nitrogen and oxygen atoms in total. The molecular weight excluding hydrogens is 209 g/mol. The van der Waals surface area contributed by atoms with E-state index in [9.17, 15) is 9.18 Å². The molecule has 1 heterocycles. The molecule has 1 aliphatic heterocycles. The smallest absolute Gasteiger partial charge is 0.238 e. The summed E-state index contributed by atoms with van der Waals surface area (Å²) in [4.78, 5) is 13.5. The van der Waals surface area contributed by atoms with Crippen molar-refractivity contribution in [2.45, 2.75) is 6.04 Å². The molecule has 0 atom stereocenters. The molecule has 0 aromatic heterocycles. The number of nitrogens with zero attached hydrogens (tertiary/aromatic N) is 1. The van der Waals surface area contributed by atoms with Gasteiger partial charge < -0.3 is 11.1 Å². The number of hydrogen-bond acceptors (Lipinski definition) is 3. The van der Waals surface area contributed by atoms with Crippen LogP contribution in [0, 0.1) is 5.82 Å². The van der Waals surface area contributed by atoms with Crippen LogP contribution in [0.4, 0.5) is 10.1 Å². The largest absolute Gasteiger partial charge is 0.325 e. The van der Waals surface area contributed by atoms with Crippen molar-refractivity contribution < 1.29 is 9.18 Å². The first kappa shape index (κ1) is 11.0. The van der Waals surface area contributed by atoms with Gasteiger partial charge in [-0.15, -0.1) is 0 Å². The van der Waals surface area contributed by atoms with E-state index in [1.807, 2.05) is 4.90 Å². The second-order valence-electron chi connectivity index (χ2n) is 4.01. The molecule has 1 amide bonds. The van der Waals surface area contributed by atoms with Crippen molar-refractivity contribution in [1.29, 1.82) is 0 Å². The highest BCUT2D eigenvalue weighted by molar-refractivity contribution is 5.92. The minimum atomic E-state index is -0.358. The summed E-state index contributed by atoms with van der Waals surface area (Å²) in [5.41, 5.74) is 6.08. The molecule has 0 saturated carbocycles. The number of halogens is 1. The van der Waals surface area contributed by atoms with Crippen LogP contribution in [0.2, 0.25) is 0 Å². The summed E-state index contributed by atoms with van der Waals surface area (Å²) in [6.07, 6.45) is 0. The molecule has 1 aliphatic rings. The Morgan fingerprint density at radius 1 is 1.56 bits per heavy atom. The second-order valence-corrected chi connectivity index (χ2v) is 4.01. The fraction of sp³-hybridized carbons (Fsp3) is 0.364. The van der Waals surface area contributed by atoms with Crippen molar-refractivity contribution >= 4 is 11.6 Å². The van der Waals surface area contributed by atoms with Crippen molar-refractivity contribution in [3.8, 4) is 0 Å². The number of nitrogens with one attached hydrogen (secondary N) is 1. The number of carbonyl (C=O) groups is 1. The molecule has 1 aromatic rings. The Bertz CT molecular complexity index is 391. The molecule has 1 aromatic carbocycles. The summed E-state index contributed by atoms with van der Waals surface area (Å²) in [5.74, 6) is -0.499. The Morgan fingerprint density at radius 2 is 2.31 bits per heavy atom. The van der Waals surface area contributed by atoms with Gasteiger partial charge in [-0.1, -0.05) is 6.07 Å². The summed E-state index contributed by atoms with van der Waals surface area (Å²) in [7, 11) is 0. The summed E-state index contributed by atoms with van der Waals surface area (Å²) >= 11 is 0. The van der Waals surface area contributed by atoms with Crippen LogP contribution in [0.3, 0.4) is 0 Å². The minimum Gasteiger partial charge on any atom is -0.325 e. The predicted octanol–water partition coefficient (Wildman–Crippen LogP) is 0.407. The lowest BCUT2D eigenvalue weighted by Gasteiger charge is -2.36. The van der Waals surface area contributed by atoms with Gasteiger partial charge in [-0.3, -0.25) is 9.69 Å². The molecule has 0 radical (unpaired) electrons. The van der Waals surface area contributed by atoms with E-state index in [2.05, 4.69) is 5.32 Å². The number of anilines is 1. The molecule has 16 heavy (non-hydrogen) atoms. The average molecular weight is 223 g/mol. The fourth-order valence-electron chi connectivity index (χ4n) is 1.71. The lowest BCUT2D eigenvalue weighted by molar-refractivity contribution is -0.118. The third kappa shape index (κ3) is 2.77. The number of nitrogens with two attached hydrogens (primary N) is 1. The predicted molar refractivity (Wildman–Crippen MR) is 59.4 cm³/mol. The highest BCUT2D eigenvalue weighted by Crippen LogP contribution is 2.10. The zero-order valence-corrected chi connectivity index (χ0v) is 8.82. The van der Waals surface area contributed by atoms with Gasteiger partial charge in [0.05, 0.1) is 6.54 Å². The van der Waals surface area contributed by atoms with Crippen molar-refractivity contribution in [3.05, 3.63) is 30.1 Å². The zero-order chi connectivity index (χ0) is 11.5. The van der Waals surface area contributed by atoms with Gasteiger partial charge in [0, 0.05) is 24.8 Å². The van der Waals surface area contributed by atoms with Crippen molar-refractivity contribution in [1.82, 2.24) is 4.90 Å². The molecule has 0 spiro atoms. The van der Waals surface area contributed by atoms with E-state index in [-0.39, 0.29) is 17.8 Å². The summed E-state index contributed by atoms with van der Waals surface area (Å²) in [6, 6.07) is 6.03. The summed E-state index contributed by atoms with van der Waals surface area (Å²) < 4.78 is 12.8. The van der Waals surface area contributed by atoms with Gasteiger partial charge in [-0.2, -0.15) is 0 Å². The lowest BCUT2D eigenvalue weighted by Crippen LogP contribution is -2.57. The average Bonchev–Trinajstić information content (AvgIpc) is 2.15. The van der Waals surface area contributed by atoms with E-state index >= 15 is 0 Å². The van der Waals surface area contributed by atoms with E-state index in [1.54, 1.807) is 12.1 Å². The van der Waals surface area contributed by atoms with Gasteiger partial charge in [0.25, 0.3) is 0 Å². The van der Waals surface area contributed by atoms with Crippen LogP contribution in [0.25, 0.3) is 0 Å². The van der Waals surface area contributed by atoms with Crippen molar-refractivity contribution in [3.63, 3.8) is 0 Å². The van der Waals surface area contributed by atoms with Crippen molar-refractivity contribution in [2.75, 3.05) is 25.0 Å². The van der Waals surface area contributed by atoms with Crippen LogP contribution in [0.1, 0.15) is 0 Å². The van der Waals surface area contributed by atoms with Gasteiger partial charge in [0.15, 0.2) is 0 Å². The monoisotopic (exact) mass is 223 g/mol. The van der Waals surface area contributed by atoms with E-state index in [1.165, 1.54) is 12.1 Å². The number of hydrogen-bond donors (Lipinski definition) is 2. The number of benzene rings is 1. The van der Waals surface area contributed by atoms with E-state index < -0.39 is 0 Å². The fourth-order valence-corrected chi connectivity index (χ4v) is 1.71. The number of amides is 1. The molecule has 3 N–H and O–H groups in total. The Kier molecular flexibility index (Phi) is 3.17. The van der Waals surface area contributed by atoms with Gasteiger partial charge in [0.1, 0.15) is 5.82 Å². The highest BCUT2D eigenvalue weighted by atomic mass is 19.1.